The summed E-state index contributed by atoms with van der Waals surface area (Å²) >= 11 is 7.26. The van der Waals surface area contributed by atoms with Crippen LogP contribution in [0, 0.1) is 17.2 Å². The van der Waals surface area contributed by atoms with E-state index in [-0.39, 0.29) is 11.2 Å². The van der Waals surface area contributed by atoms with Crippen molar-refractivity contribution in [2.75, 3.05) is 5.32 Å². The number of fused-ring (bicyclic) bond motifs is 1. The topological polar surface area (TPSA) is 65.8 Å². The van der Waals surface area contributed by atoms with Crippen LogP contribution in [-0.2, 0) is 17.6 Å². The smallest absolute Gasteiger partial charge is 0.237 e. The number of thioether (sulfide) groups is 1. The molecular formula is C21H22ClN3OS. The molecule has 0 fully saturated rings. The number of benzene rings is 1. The van der Waals surface area contributed by atoms with Crippen molar-refractivity contribution in [1.82, 2.24) is 4.98 Å². The van der Waals surface area contributed by atoms with Crippen LogP contribution in [0.2, 0.25) is 5.02 Å². The number of rotatable bonds is 5. The van der Waals surface area contributed by atoms with Gasteiger partial charge in [-0.15, -0.1) is 0 Å². The summed E-state index contributed by atoms with van der Waals surface area (Å²) in [6.45, 7) is 4.19. The molecule has 1 aromatic heterocycles. The fraction of sp³-hybridized carbons (Fsp3) is 0.381. The number of carbonyl (C=O) groups is 1. The van der Waals surface area contributed by atoms with Gasteiger partial charge in [0.2, 0.25) is 5.91 Å². The minimum atomic E-state index is -0.319. The van der Waals surface area contributed by atoms with Crippen LogP contribution in [0.25, 0.3) is 0 Å². The van der Waals surface area contributed by atoms with Crippen molar-refractivity contribution in [3.8, 4) is 6.07 Å². The van der Waals surface area contributed by atoms with E-state index in [2.05, 4.69) is 18.3 Å². The van der Waals surface area contributed by atoms with E-state index in [0.717, 1.165) is 25.0 Å². The Morgan fingerprint density at radius 3 is 2.85 bits per heavy atom. The summed E-state index contributed by atoms with van der Waals surface area (Å²) in [7, 11) is 0. The third kappa shape index (κ3) is 4.82. The molecule has 2 unspecified atom stereocenters. The number of amides is 1. The minimum absolute atomic E-state index is 0.0955. The molecule has 6 heteroatoms. The van der Waals surface area contributed by atoms with Gasteiger partial charge in [-0.3, -0.25) is 4.79 Å². The molecule has 0 bridgehead atoms. The predicted octanol–water partition coefficient (Wildman–Crippen LogP) is 5.24. The summed E-state index contributed by atoms with van der Waals surface area (Å²) in [6.07, 6.45) is 3.66. The molecule has 2 atom stereocenters. The molecule has 0 saturated heterocycles. The molecule has 1 aliphatic rings. The van der Waals surface area contributed by atoms with Gasteiger partial charge in [-0.2, -0.15) is 5.26 Å². The first-order valence-electron chi connectivity index (χ1n) is 9.16. The van der Waals surface area contributed by atoms with Gasteiger partial charge in [0.25, 0.3) is 0 Å². The number of aromatic nitrogens is 1. The van der Waals surface area contributed by atoms with E-state index in [0.29, 0.717) is 33.6 Å². The molecule has 2 aromatic rings. The van der Waals surface area contributed by atoms with Gasteiger partial charge in [0.05, 0.1) is 10.8 Å². The number of anilines is 1. The second-order valence-electron chi connectivity index (χ2n) is 6.92. The van der Waals surface area contributed by atoms with Crippen molar-refractivity contribution < 1.29 is 4.79 Å². The molecule has 1 amide bonds. The van der Waals surface area contributed by atoms with Gasteiger partial charge < -0.3 is 5.32 Å². The van der Waals surface area contributed by atoms with Gasteiger partial charge in [0.1, 0.15) is 11.1 Å². The molecule has 0 saturated carbocycles. The van der Waals surface area contributed by atoms with E-state index in [1.807, 2.05) is 13.0 Å². The summed E-state index contributed by atoms with van der Waals surface area (Å²) in [6, 6.07) is 11.2. The zero-order chi connectivity index (χ0) is 19.4. The second kappa shape index (κ2) is 8.77. The van der Waals surface area contributed by atoms with Gasteiger partial charge in [0.15, 0.2) is 0 Å². The van der Waals surface area contributed by atoms with Crippen molar-refractivity contribution in [1.29, 1.82) is 5.26 Å². The first-order valence-corrected chi connectivity index (χ1v) is 10.4. The molecule has 140 valence electrons. The summed E-state index contributed by atoms with van der Waals surface area (Å²) in [5.41, 5.74) is 3.51. The standard InChI is InChI=1S/C21H22ClN3OS/c1-3-19(20(26)24-17-7-5-16(22)6-8-17)27-21-15(12-23)11-14-10-13(2)4-9-18(14)25-21/h5-8,11,13,19H,3-4,9-10H2,1-2H3,(H,24,26). The molecule has 1 N–H and O–H groups in total. The number of nitrogens with zero attached hydrogens (tertiary/aromatic N) is 2. The van der Waals surface area contributed by atoms with E-state index in [4.69, 9.17) is 16.6 Å². The highest BCUT2D eigenvalue weighted by Crippen LogP contribution is 2.32. The van der Waals surface area contributed by atoms with Crippen molar-refractivity contribution in [2.24, 2.45) is 5.92 Å². The Labute approximate surface area is 169 Å². The maximum Gasteiger partial charge on any atom is 0.237 e. The largest absolute Gasteiger partial charge is 0.325 e. The molecule has 1 heterocycles. The Morgan fingerprint density at radius 1 is 1.44 bits per heavy atom. The van der Waals surface area contributed by atoms with Gasteiger partial charge in [-0.05, 0) is 67.5 Å². The Kier molecular flexibility index (Phi) is 6.41. The molecule has 27 heavy (non-hydrogen) atoms. The highest BCUT2D eigenvalue weighted by atomic mass is 35.5. The van der Waals surface area contributed by atoms with Gasteiger partial charge in [-0.25, -0.2) is 4.98 Å². The summed E-state index contributed by atoms with van der Waals surface area (Å²) in [4.78, 5) is 17.4. The lowest BCUT2D eigenvalue weighted by molar-refractivity contribution is -0.115. The van der Waals surface area contributed by atoms with E-state index in [1.54, 1.807) is 24.3 Å². The van der Waals surface area contributed by atoms with Crippen LogP contribution >= 0.6 is 23.4 Å². The highest BCUT2D eigenvalue weighted by molar-refractivity contribution is 8.00. The maximum absolute atomic E-state index is 12.7. The fourth-order valence-corrected chi connectivity index (χ4v) is 4.33. The van der Waals surface area contributed by atoms with Crippen LogP contribution in [0.3, 0.4) is 0 Å². The lowest BCUT2D eigenvalue weighted by Gasteiger charge is -2.22. The number of hydrogen-bond donors (Lipinski definition) is 1. The van der Waals surface area contributed by atoms with E-state index < -0.39 is 0 Å². The minimum Gasteiger partial charge on any atom is -0.325 e. The second-order valence-corrected chi connectivity index (χ2v) is 8.55. The number of carbonyl (C=O) groups excluding carboxylic acids is 1. The molecule has 3 rings (SSSR count). The third-order valence-corrected chi connectivity index (χ3v) is 6.37. The fourth-order valence-electron chi connectivity index (χ4n) is 3.21. The van der Waals surface area contributed by atoms with E-state index in [9.17, 15) is 10.1 Å². The first-order chi connectivity index (χ1) is 13.0. The van der Waals surface area contributed by atoms with Crippen LogP contribution in [0.4, 0.5) is 5.69 Å². The quantitative estimate of drug-likeness (QED) is 0.698. The third-order valence-electron chi connectivity index (χ3n) is 4.75. The van der Waals surface area contributed by atoms with Gasteiger partial charge in [-0.1, -0.05) is 37.2 Å². The molecular weight excluding hydrogens is 378 g/mol. The first kappa shape index (κ1) is 19.7. The van der Waals surface area contributed by atoms with Crippen molar-refractivity contribution in [3.05, 3.63) is 52.2 Å². The van der Waals surface area contributed by atoms with Crippen molar-refractivity contribution in [3.63, 3.8) is 0 Å². The summed E-state index contributed by atoms with van der Waals surface area (Å²) < 4.78 is 0. The summed E-state index contributed by atoms with van der Waals surface area (Å²) in [5.74, 6) is 0.528. The molecule has 4 nitrogen and oxygen atoms in total. The average Bonchev–Trinajstić information content (AvgIpc) is 2.67. The Hall–Kier alpha value is -2.03. The highest BCUT2D eigenvalue weighted by Gasteiger charge is 2.24. The van der Waals surface area contributed by atoms with E-state index >= 15 is 0 Å². The molecule has 1 aromatic carbocycles. The number of hydrogen-bond acceptors (Lipinski definition) is 4. The van der Waals surface area contributed by atoms with Crippen LogP contribution in [0.15, 0.2) is 35.4 Å². The SMILES string of the molecule is CCC(Sc1nc2c(cc1C#N)CC(C)CC2)C(=O)Nc1ccc(Cl)cc1. The number of halogens is 1. The zero-order valence-corrected chi connectivity index (χ0v) is 17.0. The van der Waals surface area contributed by atoms with Gasteiger partial charge in [0, 0.05) is 16.4 Å². The monoisotopic (exact) mass is 399 g/mol. The van der Waals surface area contributed by atoms with Crippen LogP contribution in [-0.4, -0.2) is 16.1 Å². The van der Waals surface area contributed by atoms with Crippen molar-refractivity contribution >= 4 is 35.0 Å². The zero-order valence-electron chi connectivity index (χ0n) is 15.5. The Morgan fingerprint density at radius 2 is 2.19 bits per heavy atom. The number of pyridine rings is 1. The number of nitrogens with one attached hydrogen (secondary N) is 1. The number of aryl methyl sites for hydroxylation is 1. The Balaban J connectivity index is 1.78. The molecule has 0 radical (unpaired) electrons. The van der Waals surface area contributed by atoms with Crippen LogP contribution in [0.5, 0.6) is 0 Å². The van der Waals surface area contributed by atoms with Crippen molar-refractivity contribution in [2.45, 2.75) is 49.8 Å². The molecule has 0 spiro atoms. The lowest BCUT2D eigenvalue weighted by Crippen LogP contribution is -2.25. The van der Waals surface area contributed by atoms with E-state index in [1.165, 1.54) is 17.3 Å². The average molecular weight is 400 g/mol. The maximum atomic E-state index is 12.7. The van der Waals surface area contributed by atoms with Crippen LogP contribution < -0.4 is 5.32 Å². The lowest BCUT2D eigenvalue weighted by atomic mass is 9.87. The van der Waals surface area contributed by atoms with Crippen LogP contribution in [0.1, 0.15) is 43.5 Å². The number of nitriles is 1. The molecule has 0 aliphatic heterocycles. The Bertz CT molecular complexity index is 876. The summed E-state index contributed by atoms with van der Waals surface area (Å²) in [5, 5.41) is 13.4. The van der Waals surface area contributed by atoms with Gasteiger partial charge >= 0.3 is 0 Å². The normalized spacial score (nSPS) is 16.9. The predicted molar refractivity (Wildman–Crippen MR) is 110 cm³/mol. The molecule has 1 aliphatic carbocycles.